The van der Waals surface area contributed by atoms with Crippen LogP contribution in [0.3, 0.4) is 0 Å². The van der Waals surface area contributed by atoms with Crippen LogP contribution in [0.1, 0.15) is 26.3 Å². The Kier molecular flexibility index (Phi) is 5.77. The van der Waals surface area contributed by atoms with Crippen molar-refractivity contribution < 1.29 is 9.59 Å². The highest BCUT2D eigenvalue weighted by Crippen LogP contribution is 2.18. The van der Waals surface area contributed by atoms with E-state index in [9.17, 15) is 9.59 Å². The van der Waals surface area contributed by atoms with Crippen LogP contribution in [0.2, 0.25) is 0 Å². The van der Waals surface area contributed by atoms with Crippen molar-refractivity contribution in [2.75, 3.05) is 32.7 Å². The molecular weight excluding hydrogens is 290 g/mol. The van der Waals surface area contributed by atoms with Gasteiger partial charge < -0.3 is 10.2 Å². The number of nitrogens with zero attached hydrogens (tertiary/aromatic N) is 2. The summed E-state index contributed by atoms with van der Waals surface area (Å²) in [4.78, 5) is 28.3. The number of nitrogens with one attached hydrogen (secondary N) is 1. The van der Waals surface area contributed by atoms with E-state index >= 15 is 0 Å². The largest absolute Gasteiger partial charge is 0.351 e. The van der Waals surface area contributed by atoms with Crippen molar-refractivity contribution in [2.45, 2.75) is 27.3 Å². The summed E-state index contributed by atoms with van der Waals surface area (Å²) in [5.74, 6) is 0.218. The van der Waals surface area contributed by atoms with Crippen molar-refractivity contribution in [3.63, 3.8) is 0 Å². The Morgan fingerprint density at radius 2 is 1.65 bits per heavy atom. The number of hydrogen-bond donors (Lipinski definition) is 1. The van der Waals surface area contributed by atoms with Crippen LogP contribution < -0.4 is 5.32 Å². The molecule has 1 aromatic carbocycles. The van der Waals surface area contributed by atoms with Gasteiger partial charge in [-0.2, -0.15) is 0 Å². The van der Waals surface area contributed by atoms with Gasteiger partial charge in [0.25, 0.3) is 0 Å². The fourth-order valence-electron chi connectivity index (χ4n) is 2.64. The Morgan fingerprint density at radius 3 is 2.22 bits per heavy atom. The molecule has 0 saturated carbocycles. The van der Waals surface area contributed by atoms with Gasteiger partial charge in [-0.25, -0.2) is 0 Å². The van der Waals surface area contributed by atoms with Gasteiger partial charge in [-0.05, 0) is 5.56 Å². The lowest BCUT2D eigenvalue weighted by Gasteiger charge is -2.37. The number of rotatable bonds is 4. The average molecular weight is 317 g/mol. The summed E-state index contributed by atoms with van der Waals surface area (Å²) in [6.07, 6.45) is 0. The molecule has 1 heterocycles. The van der Waals surface area contributed by atoms with Gasteiger partial charge in [0, 0.05) is 38.1 Å². The molecule has 0 aromatic heterocycles. The standard InChI is InChI=1S/C18H27N3O2/c1-18(2,3)17(23)21-11-9-20(10-12-21)14-16(22)19-13-15-7-5-4-6-8-15/h4-8H,9-14H2,1-3H3,(H,19,22). The van der Waals surface area contributed by atoms with Gasteiger partial charge in [0.1, 0.15) is 0 Å². The zero-order valence-corrected chi connectivity index (χ0v) is 14.3. The zero-order valence-electron chi connectivity index (χ0n) is 14.3. The van der Waals surface area contributed by atoms with Crippen molar-refractivity contribution in [1.82, 2.24) is 15.1 Å². The molecule has 1 fully saturated rings. The Hall–Kier alpha value is -1.88. The highest BCUT2D eigenvalue weighted by Gasteiger charge is 2.29. The average Bonchev–Trinajstić information content (AvgIpc) is 2.53. The quantitative estimate of drug-likeness (QED) is 0.915. The van der Waals surface area contributed by atoms with Gasteiger partial charge in [-0.1, -0.05) is 51.1 Å². The number of carbonyl (C=O) groups excluding carboxylic acids is 2. The van der Waals surface area contributed by atoms with Crippen LogP contribution in [0.4, 0.5) is 0 Å². The monoisotopic (exact) mass is 317 g/mol. The molecule has 1 aromatic rings. The SMILES string of the molecule is CC(C)(C)C(=O)N1CCN(CC(=O)NCc2ccccc2)CC1. The maximum atomic E-state index is 12.2. The molecule has 5 nitrogen and oxygen atoms in total. The van der Waals surface area contributed by atoms with E-state index in [0.717, 1.165) is 18.7 Å². The third-order valence-corrected chi connectivity index (χ3v) is 4.00. The second-order valence-electron chi connectivity index (χ2n) is 7.08. The van der Waals surface area contributed by atoms with Crippen molar-refractivity contribution in [2.24, 2.45) is 5.41 Å². The molecule has 0 unspecified atom stereocenters. The summed E-state index contributed by atoms with van der Waals surface area (Å²) in [6, 6.07) is 9.89. The third kappa shape index (κ3) is 5.36. The summed E-state index contributed by atoms with van der Waals surface area (Å²) in [6.45, 7) is 9.67. The fourth-order valence-corrected chi connectivity index (χ4v) is 2.64. The van der Waals surface area contributed by atoms with Crippen LogP contribution in [0.15, 0.2) is 30.3 Å². The first-order valence-electron chi connectivity index (χ1n) is 8.18. The molecule has 5 heteroatoms. The van der Waals surface area contributed by atoms with E-state index in [1.807, 2.05) is 56.0 Å². The molecule has 2 amide bonds. The summed E-state index contributed by atoms with van der Waals surface area (Å²) < 4.78 is 0. The zero-order chi connectivity index (χ0) is 16.9. The summed E-state index contributed by atoms with van der Waals surface area (Å²) >= 11 is 0. The topological polar surface area (TPSA) is 52.7 Å². The molecular formula is C18H27N3O2. The maximum absolute atomic E-state index is 12.2. The highest BCUT2D eigenvalue weighted by atomic mass is 16.2. The predicted molar refractivity (Wildman–Crippen MR) is 90.8 cm³/mol. The lowest BCUT2D eigenvalue weighted by molar-refractivity contribution is -0.141. The van der Waals surface area contributed by atoms with E-state index in [0.29, 0.717) is 26.2 Å². The van der Waals surface area contributed by atoms with Crippen LogP contribution in [0.5, 0.6) is 0 Å². The first-order valence-corrected chi connectivity index (χ1v) is 8.18. The molecule has 1 aliphatic heterocycles. The molecule has 0 spiro atoms. The highest BCUT2D eigenvalue weighted by molar-refractivity contribution is 5.81. The molecule has 0 radical (unpaired) electrons. The lowest BCUT2D eigenvalue weighted by Crippen LogP contribution is -2.53. The van der Waals surface area contributed by atoms with Gasteiger partial charge >= 0.3 is 0 Å². The van der Waals surface area contributed by atoms with Crippen molar-refractivity contribution in [3.05, 3.63) is 35.9 Å². The Bertz CT molecular complexity index is 529. The van der Waals surface area contributed by atoms with Gasteiger partial charge in [-0.3, -0.25) is 14.5 Å². The molecule has 1 saturated heterocycles. The summed E-state index contributed by atoms with van der Waals surface area (Å²) in [5, 5.41) is 2.94. The van der Waals surface area contributed by atoms with Gasteiger partial charge in [-0.15, -0.1) is 0 Å². The minimum atomic E-state index is -0.338. The Labute approximate surface area is 138 Å². The van der Waals surface area contributed by atoms with E-state index in [-0.39, 0.29) is 17.2 Å². The van der Waals surface area contributed by atoms with E-state index < -0.39 is 0 Å². The number of hydrogen-bond acceptors (Lipinski definition) is 3. The molecule has 23 heavy (non-hydrogen) atoms. The number of piperazine rings is 1. The number of amides is 2. The minimum Gasteiger partial charge on any atom is -0.351 e. The maximum Gasteiger partial charge on any atom is 0.234 e. The summed E-state index contributed by atoms with van der Waals surface area (Å²) in [5.41, 5.74) is 0.760. The van der Waals surface area contributed by atoms with E-state index in [1.165, 1.54) is 0 Å². The van der Waals surface area contributed by atoms with Crippen LogP contribution in [-0.2, 0) is 16.1 Å². The Morgan fingerprint density at radius 1 is 1.04 bits per heavy atom. The number of carbonyl (C=O) groups is 2. The van der Waals surface area contributed by atoms with Crippen molar-refractivity contribution >= 4 is 11.8 Å². The minimum absolute atomic E-state index is 0.0319. The smallest absolute Gasteiger partial charge is 0.234 e. The molecule has 0 bridgehead atoms. The van der Waals surface area contributed by atoms with Gasteiger partial charge in [0.05, 0.1) is 6.54 Å². The fraction of sp³-hybridized carbons (Fsp3) is 0.556. The van der Waals surface area contributed by atoms with Crippen LogP contribution >= 0.6 is 0 Å². The van der Waals surface area contributed by atoms with Crippen LogP contribution in [0, 0.1) is 5.41 Å². The molecule has 2 rings (SSSR count). The lowest BCUT2D eigenvalue weighted by atomic mass is 9.94. The van der Waals surface area contributed by atoms with Crippen LogP contribution in [0.25, 0.3) is 0 Å². The third-order valence-electron chi connectivity index (χ3n) is 4.00. The number of benzene rings is 1. The Balaban J connectivity index is 1.72. The van der Waals surface area contributed by atoms with Gasteiger partial charge in [0.2, 0.25) is 11.8 Å². The van der Waals surface area contributed by atoms with E-state index in [1.54, 1.807) is 0 Å². The normalized spacial score (nSPS) is 16.2. The molecule has 0 atom stereocenters. The van der Waals surface area contributed by atoms with E-state index in [2.05, 4.69) is 10.2 Å². The summed E-state index contributed by atoms with van der Waals surface area (Å²) in [7, 11) is 0. The molecule has 126 valence electrons. The second-order valence-corrected chi connectivity index (χ2v) is 7.08. The van der Waals surface area contributed by atoms with E-state index in [4.69, 9.17) is 0 Å². The molecule has 1 N–H and O–H groups in total. The molecule has 0 aliphatic carbocycles. The predicted octanol–water partition coefficient (Wildman–Crippen LogP) is 1.49. The second kappa shape index (κ2) is 7.59. The molecule has 1 aliphatic rings. The van der Waals surface area contributed by atoms with Crippen LogP contribution in [-0.4, -0.2) is 54.3 Å². The van der Waals surface area contributed by atoms with Crippen molar-refractivity contribution in [3.8, 4) is 0 Å². The van der Waals surface area contributed by atoms with Crippen molar-refractivity contribution in [1.29, 1.82) is 0 Å². The first-order chi connectivity index (χ1) is 10.9. The van der Waals surface area contributed by atoms with Gasteiger partial charge in [0.15, 0.2) is 0 Å². The first kappa shape index (κ1) is 17.5.